The molecule has 0 aromatic carbocycles. The van der Waals surface area contributed by atoms with Crippen molar-refractivity contribution in [1.82, 2.24) is 9.62 Å². The van der Waals surface area contributed by atoms with Crippen LogP contribution in [-0.4, -0.2) is 50.6 Å². The van der Waals surface area contributed by atoms with Crippen LogP contribution in [0.4, 0.5) is 0 Å². The Balaban J connectivity index is 2.48. The summed E-state index contributed by atoms with van der Waals surface area (Å²) in [6.07, 6.45) is 2.52. The van der Waals surface area contributed by atoms with Crippen LogP contribution in [0.5, 0.6) is 0 Å². The Hall–Kier alpha value is -0.660. The summed E-state index contributed by atoms with van der Waals surface area (Å²) in [4.78, 5) is 11.9. The van der Waals surface area contributed by atoms with Gasteiger partial charge in [0.15, 0.2) is 0 Å². The van der Waals surface area contributed by atoms with Crippen molar-refractivity contribution in [3.63, 3.8) is 0 Å². The van der Waals surface area contributed by atoms with E-state index in [4.69, 9.17) is 5.73 Å². The van der Waals surface area contributed by atoms with Gasteiger partial charge in [0.2, 0.25) is 15.9 Å². The van der Waals surface area contributed by atoms with Crippen LogP contribution >= 0.6 is 0 Å². The second-order valence-corrected chi connectivity index (χ2v) is 7.48. The lowest BCUT2D eigenvalue weighted by atomic mass is 9.91. The van der Waals surface area contributed by atoms with Crippen molar-refractivity contribution in [3.05, 3.63) is 0 Å². The first-order valence-corrected chi connectivity index (χ1v) is 7.98. The minimum Gasteiger partial charge on any atom is -0.353 e. The number of carbonyl (C=O) groups excluding carboxylic acids is 1. The highest BCUT2D eigenvalue weighted by Gasteiger charge is 2.30. The molecule has 0 bridgehead atoms. The molecule has 0 saturated carbocycles. The topological polar surface area (TPSA) is 92.5 Å². The van der Waals surface area contributed by atoms with Gasteiger partial charge in [-0.1, -0.05) is 0 Å². The van der Waals surface area contributed by atoms with Gasteiger partial charge in [-0.15, -0.1) is 0 Å². The number of hydrogen-bond acceptors (Lipinski definition) is 4. The Labute approximate surface area is 109 Å². The van der Waals surface area contributed by atoms with Gasteiger partial charge in [-0.2, -0.15) is 0 Å². The molecule has 0 aromatic heterocycles. The molecule has 1 fully saturated rings. The first-order chi connectivity index (χ1) is 8.16. The zero-order chi connectivity index (χ0) is 14.0. The van der Waals surface area contributed by atoms with Gasteiger partial charge >= 0.3 is 0 Å². The standard InChI is InChI=1S/C11H23N3O3S/c1-11(2,8-12)10(15)13-9-4-6-14(7-5-9)18(3,16)17/h9H,4-8,12H2,1-3H3,(H,13,15). The van der Waals surface area contributed by atoms with Gasteiger partial charge in [-0.05, 0) is 26.7 Å². The van der Waals surface area contributed by atoms with E-state index in [2.05, 4.69) is 5.32 Å². The lowest BCUT2D eigenvalue weighted by Crippen LogP contribution is -2.50. The van der Waals surface area contributed by atoms with Crippen LogP contribution in [0.2, 0.25) is 0 Å². The fourth-order valence-corrected chi connectivity index (χ4v) is 2.68. The predicted octanol–water partition coefficient (Wildman–Crippen LogP) is -0.488. The van der Waals surface area contributed by atoms with E-state index in [9.17, 15) is 13.2 Å². The molecule has 1 aliphatic heterocycles. The van der Waals surface area contributed by atoms with E-state index in [1.807, 2.05) is 0 Å². The van der Waals surface area contributed by atoms with Gasteiger partial charge in [0.25, 0.3) is 0 Å². The molecule has 6 nitrogen and oxygen atoms in total. The number of carbonyl (C=O) groups is 1. The minimum atomic E-state index is -3.11. The average Bonchev–Trinajstić information content (AvgIpc) is 2.28. The molecule has 0 spiro atoms. The van der Waals surface area contributed by atoms with Crippen molar-refractivity contribution in [2.45, 2.75) is 32.7 Å². The van der Waals surface area contributed by atoms with Gasteiger partial charge in [0.1, 0.15) is 0 Å². The summed E-state index contributed by atoms with van der Waals surface area (Å²) >= 11 is 0. The molecule has 18 heavy (non-hydrogen) atoms. The molecular weight excluding hydrogens is 254 g/mol. The number of hydrogen-bond donors (Lipinski definition) is 2. The molecule has 106 valence electrons. The summed E-state index contributed by atoms with van der Waals surface area (Å²) in [5.41, 5.74) is 4.97. The number of sulfonamides is 1. The smallest absolute Gasteiger partial charge is 0.227 e. The van der Waals surface area contributed by atoms with E-state index < -0.39 is 15.4 Å². The van der Waals surface area contributed by atoms with Gasteiger partial charge in [0.05, 0.1) is 11.7 Å². The van der Waals surface area contributed by atoms with Gasteiger partial charge in [0, 0.05) is 25.7 Å². The molecule has 7 heteroatoms. The first-order valence-electron chi connectivity index (χ1n) is 6.13. The number of rotatable bonds is 4. The normalized spacial score (nSPS) is 19.8. The predicted molar refractivity (Wildman–Crippen MR) is 70.4 cm³/mol. The first kappa shape index (κ1) is 15.4. The molecule has 1 heterocycles. The molecule has 0 aromatic rings. The maximum absolute atomic E-state index is 11.9. The van der Waals surface area contributed by atoms with Crippen LogP contribution in [0, 0.1) is 5.41 Å². The van der Waals surface area contributed by atoms with Crippen molar-refractivity contribution in [3.8, 4) is 0 Å². The second-order valence-electron chi connectivity index (χ2n) is 5.50. The zero-order valence-corrected chi connectivity index (χ0v) is 12.1. The van der Waals surface area contributed by atoms with Gasteiger partial charge < -0.3 is 11.1 Å². The lowest BCUT2D eigenvalue weighted by Gasteiger charge is -2.32. The van der Waals surface area contributed by atoms with Gasteiger partial charge in [-0.3, -0.25) is 4.79 Å². The third kappa shape index (κ3) is 3.93. The SMILES string of the molecule is CC(C)(CN)C(=O)NC1CCN(S(C)(=O)=O)CC1. The summed E-state index contributed by atoms with van der Waals surface area (Å²) < 4.78 is 24.1. The maximum Gasteiger partial charge on any atom is 0.227 e. The number of nitrogens with zero attached hydrogens (tertiary/aromatic N) is 1. The molecule has 1 amide bonds. The van der Waals surface area contributed by atoms with Crippen molar-refractivity contribution in [2.75, 3.05) is 25.9 Å². The highest BCUT2D eigenvalue weighted by molar-refractivity contribution is 7.88. The molecule has 0 radical (unpaired) electrons. The summed E-state index contributed by atoms with van der Waals surface area (Å²) in [7, 11) is -3.11. The van der Waals surface area contributed by atoms with E-state index in [-0.39, 0.29) is 11.9 Å². The van der Waals surface area contributed by atoms with Crippen molar-refractivity contribution in [2.24, 2.45) is 11.1 Å². The van der Waals surface area contributed by atoms with Crippen molar-refractivity contribution < 1.29 is 13.2 Å². The van der Waals surface area contributed by atoms with E-state index in [0.717, 1.165) is 0 Å². The molecule has 0 aliphatic carbocycles. The van der Waals surface area contributed by atoms with Gasteiger partial charge in [-0.25, -0.2) is 12.7 Å². The molecule has 3 N–H and O–H groups in total. The Morgan fingerprint density at radius 2 is 1.89 bits per heavy atom. The Morgan fingerprint density at radius 1 is 1.39 bits per heavy atom. The van der Waals surface area contributed by atoms with E-state index in [1.165, 1.54) is 10.6 Å². The maximum atomic E-state index is 11.9. The van der Waals surface area contributed by atoms with Crippen LogP contribution < -0.4 is 11.1 Å². The summed E-state index contributed by atoms with van der Waals surface area (Å²) in [5.74, 6) is -0.0668. The second kappa shape index (κ2) is 5.54. The van der Waals surface area contributed by atoms with Crippen LogP contribution in [0.1, 0.15) is 26.7 Å². The fraction of sp³-hybridized carbons (Fsp3) is 0.909. The molecule has 0 atom stereocenters. The third-order valence-corrected chi connectivity index (χ3v) is 4.69. The monoisotopic (exact) mass is 277 g/mol. The molecule has 1 saturated heterocycles. The Bertz CT molecular complexity index is 398. The number of piperidine rings is 1. The fourth-order valence-electron chi connectivity index (χ4n) is 1.81. The van der Waals surface area contributed by atoms with E-state index in [0.29, 0.717) is 32.5 Å². The largest absolute Gasteiger partial charge is 0.353 e. The average molecular weight is 277 g/mol. The number of nitrogens with two attached hydrogens (primary N) is 1. The summed E-state index contributed by atoms with van der Waals surface area (Å²) in [5, 5.41) is 2.94. The highest BCUT2D eigenvalue weighted by Crippen LogP contribution is 2.17. The third-order valence-electron chi connectivity index (χ3n) is 3.38. The number of nitrogens with one attached hydrogen (secondary N) is 1. The molecule has 0 unspecified atom stereocenters. The highest BCUT2D eigenvalue weighted by atomic mass is 32.2. The molecule has 1 rings (SSSR count). The Kier molecular flexibility index (Phi) is 4.74. The van der Waals surface area contributed by atoms with Crippen LogP contribution in [0.25, 0.3) is 0 Å². The van der Waals surface area contributed by atoms with Crippen molar-refractivity contribution >= 4 is 15.9 Å². The van der Waals surface area contributed by atoms with Crippen LogP contribution in [0.15, 0.2) is 0 Å². The van der Waals surface area contributed by atoms with Crippen molar-refractivity contribution in [1.29, 1.82) is 0 Å². The van der Waals surface area contributed by atoms with Crippen LogP contribution in [0.3, 0.4) is 0 Å². The summed E-state index contributed by atoms with van der Waals surface area (Å²) in [6, 6.07) is 0.0429. The minimum absolute atomic E-state index is 0.0429. The zero-order valence-electron chi connectivity index (χ0n) is 11.3. The van der Waals surface area contributed by atoms with E-state index >= 15 is 0 Å². The number of amides is 1. The quantitative estimate of drug-likeness (QED) is 0.725. The Morgan fingerprint density at radius 3 is 2.28 bits per heavy atom. The molecular formula is C11H23N3O3S. The summed E-state index contributed by atoms with van der Waals surface area (Å²) in [6.45, 7) is 4.82. The van der Waals surface area contributed by atoms with Crippen LogP contribution in [-0.2, 0) is 14.8 Å². The van der Waals surface area contributed by atoms with E-state index in [1.54, 1.807) is 13.8 Å². The lowest BCUT2D eigenvalue weighted by molar-refractivity contribution is -0.129. The molecule has 1 aliphatic rings.